The summed E-state index contributed by atoms with van der Waals surface area (Å²) < 4.78 is 0. The van der Waals surface area contributed by atoms with Crippen LogP contribution in [-0.4, -0.2) is 53.6 Å². The number of ketones is 1. The molecule has 5 heteroatoms. The molecule has 11 fully saturated rings. The van der Waals surface area contributed by atoms with Crippen LogP contribution >= 0.6 is 0 Å². The van der Waals surface area contributed by atoms with Crippen LogP contribution in [0.5, 0.6) is 0 Å². The predicted molar refractivity (Wildman–Crippen MR) is 110 cm³/mol. The van der Waals surface area contributed by atoms with Crippen LogP contribution in [-0.2, 0) is 14.4 Å². The van der Waals surface area contributed by atoms with Crippen LogP contribution in [0.4, 0.5) is 0 Å². The Morgan fingerprint density at radius 1 is 0.742 bits per heavy atom. The largest absolute Gasteiger partial charge is 0.339 e. The summed E-state index contributed by atoms with van der Waals surface area (Å²) in [4.78, 5) is 44.5. The maximum atomic E-state index is 13.8. The molecule has 1 saturated heterocycles. The number of carbonyl (C=O) groups excluding carboxylic acids is 3. The van der Waals surface area contributed by atoms with Crippen LogP contribution in [0.1, 0.15) is 44.9 Å². The smallest absolute Gasteiger partial charge is 0.230 e. The standard InChI is InChI=1S/C26H32N2O3/c29-22-18-15-8-16-19-17(15)21(22)26(19,20(16)18)24(31)28-3-1-27(2-4-28)23(30)25-9-12-5-13(10-25)7-14(6-12)11-25/h12-21H,1-11H2. The normalized spacial score (nSPS) is 60.6. The van der Waals surface area contributed by atoms with Crippen molar-refractivity contribution in [1.29, 1.82) is 0 Å². The van der Waals surface area contributed by atoms with E-state index < -0.39 is 0 Å². The van der Waals surface area contributed by atoms with Gasteiger partial charge >= 0.3 is 0 Å². The van der Waals surface area contributed by atoms with Gasteiger partial charge in [0, 0.05) is 38.0 Å². The zero-order valence-electron chi connectivity index (χ0n) is 18.2. The molecule has 10 saturated carbocycles. The van der Waals surface area contributed by atoms with Gasteiger partial charge in [-0.2, -0.15) is 0 Å². The molecule has 31 heavy (non-hydrogen) atoms. The van der Waals surface area contributed by atoms with Crippen molar-refractivity contribution in [2.24, 2.45) is 70.0 Å². The highest BCUT2D eigenvalue weighted by Gasteiger charge is 2.96. The third-order valence-electron chi connectivity index (χ3n) is 12.6. The Kier molecular flexibility index (Phi) is 2.72. The van der Waals surface area contributed by atoms with Crippen LogP contribution in [0.2, 0.25) is 0 Å². The average molecular weight is 421 g/mol. The lowest BCUT2D eigenvalue weighted by molar-refractivity contribution is -0.256. The molecule has 164 valence electrons. The lowest BCUT2D eigenvalue weighted by Gasteiger charge is -2.71. The van der Waals surface area contributed by atoms with Gasteiger partial charge in [-0.25, -0.2) is 0 Å². The van der Waals surface area contributed by atoms with Gasteiger partial charge in [-0.05, 0) is 92.3 Å². The molecule has 10 aliphatic carbocycles. The van der Waals surface area contributed by atoms with Crippen molar-refractivity contribution in [3.63, 3.8) is 0 Å². The van der Waals surface area contributed by atoms with E-state index in [9.17, 15) is 14.4 Å². The van der Waals surface area contributed by atoms with Gasteiger partial charge in [0.2, 0.25) is 11.8 Å². The number of piperazine rings is 1. The van der Waals surface area contributed by atoms with Crippen LogP contribution in [0.3, 0.4) is 0 Å². The first-order valence-electron chi connectivity index (χ1n) is 13.2. The predicted octanol–water partition coefficient (Wildman–Crippen LogP) is 2.20. The fourth-order valence-corrected chi connectivity index (χ4v) is 12.5. The third kappa shape index (κ3) is 1.57. The number of nitrogens with zero attached hydrogens (tertiary/aromatic N) is 2. The van der Waals surface area contributed by atoms with Crippen molar-refractivity contribution in [1.82, 2.24) is 9.80 Å². The van der Waals surface area contributed by atoms with E-state index in [1.807, 2.05) is 0 Å². The highest BCUT2D eigenvalue weighted by molar-refractivity contribution is 6.04. The van der Waals surface area contributed by atoms with Gasteiger partial charge in [-0.15, -0.1) is 0 Å². The Hall–Kier alpha value is -1.39. The van der Waals surface area contributed by atoms with Crippen LogP contribution in [0.25, 0.3) is 0 Å². The number of amides is 2. The van der Waals surface area contributed by atoms with E-state index in [0.29, 0.717) is 73.4 Å². The second kappa shape index (κ2) is 4.92. The van der Waals surface area contributed by atoms with Crippen molar-refractivity contribution in [2.75, 3.05) is 26.2 Å². The molecule has 11 rings (SSSR count). The fraction of sp³-hybridized carbons (Fsp3) is 0.885. The lowest BCUT2D eigenvalue weighted by Crippen LogP contribution is -2.76. The summed E-state index contributed by atoms with van der Waals surface area (Å²) in [5.41, 5.74) is -0.351. The van der Waals surface area contributed by atoms with Crippen molar-refractivity contribution in [2.45, 2.75) is 44.9 Å². The number of rotatable bonds is 2. The first-order valence-corrected chi connectivity index (χ1v) is 13.2. The Morgan fingerprint density at radius 3 is 1.90 bits per heavy atom. The van der Waals surface area contributed by atoms with Crippen molar-refractivity contribution in [3.05, 3.63) is 0 Å². The van der Waals surface area contributed by atoms with Crippen LogP contribution in [0, 0.1) is 70.0 Å². The monoisotopic (exact) mass is 420 g/mol. The third-order valence-corrected chi connectivity index (χ3v) is 12.6. The first-order chi connectivity index (χ1) is 15.0. The Balaban J connectivity index is 0.931. The molecule has 0 spiro atoms. The van der Waals surface area contributed by atoms with Gasteiger partial charge in [0.1, 0.15) is 5.78 Å². The fourth-order valence-electron chi connectivity index (χ4n) is 12.5. The lowest BCUT2D eigenvalue weighted by atomic mass is 9.31. The Bertz CT molecular complexity index is 930. The molecule has 1 aliphatic heterocycles. The molecule has 0 aromatic carbocycles. The van der Waals surface area contributed by atoms with E-state index in [0.717, 1.165) is 37.0 Å². The summed E-state index contributed by atoms with van der Waals surface area (Å²) in [5.74, 6) is 6.69. The van der Waals surface area contributed by atoms with Crippen LogP contribution < -0.4 is 0 Å². The molecule has 1 heterocycles. The van der Waals surface area contributed by atoms with Gasteiger partial charge in [0.25, 0.3) is 0 Å². The highest BCUT2D eigenvalue weighted by Crippen LogP contribution is 2.93. The molecular formula is C26H32N2O3. The van der Waals surface area contributed by atoms with Crippen LogP contribution in [0.15, 0.2) is 0 Å². The number of carbonyl (C=O) groups is 3. The van der Waals surface area contributed by atoms with Gasteiger partial charge in [-0.1, -0.05) is 0 Å². The topological polar surface area (TPSA) is 57.7 Å². The zero-order valence-corrected chi connectivity index (χ0v) is 18.2. The molecule has 11 aliphatic rings. The summed E-state index contributed by atoms with van der Waals surface area (Å²) in [7, 11) is 0. The minimum atomic E-state index is -0.282. The molecule has 0 aromatic heterocycles. The molecule has 8 unspecified atom stereocenters. The molecule has 8 atom stereocenters. The van der Waals surface area contributed by atoms with Crippen molar-refractivity contribution < 1.29 is 14.4 Å². The van der Waals surface area contributed by atoms with E-state index >= 15 is 0 Å². The second-order valence-electron chi connectivity index (χ2n) is 13.3. The van der Waals surface area contributed by atoms with Gasteiger partial charge in [0.15, 0.2) is 0 Å². The van der Waals surface area contributed by atoms with E-state index in [-0.39, 0.29) is 22.7 Å². The quantitative estimate of drug-likeness (QED) is 0.688. The van der Waals surface area contributed by atoms with E-state index in [1.165, 1.54) is 25.7 Å². The summed E-state index contributed by atoms with van der Waals surface area (Å²) in [6.07, 6.45) is 8.69. The SMILES string of the molecule is O=C1C2C3CC4C2C2(C(=O)N5CCN(C(=O)C67CC8CC(CC(C8)C6)C7)CC5)C1C3C42. The summed E-state index contributed by atoms with van der Waals surface area (Å²) >= 11 is 0. The molecule has 2 amide bonds. The molecule has 0 aromatic rings. The van der Waals surface area contributed by atoms with Gasteiger partial charge in [-0.3, -0.25) is 14.4 Å². The molecule has 0 radical (unpaired) electrons. The maximum absolute atomic E-state index is 13.8. The number of hydrogen-bond acceptors (Lipinski definition) is 3. The second-order valence-corrected chi connectivity index (χ2v) is 13.3. The molecular weight excluding hydrogens is 388 g/mol. The van der Waals surface area contributed by atoms with Gasteiger partial charge < -0.3 is 9.80 Å². The first kappa shape index (κ1) is 17.1. The van der Waals surface area contributed by atoms with E-state index in [4.69, 9.17) is 0 Å². The highest BCUT2D eigenvalue weighted by atomic mass is 16.2. The molecule has 0 N–H and O–H groups in total. The van der Waals surface area contributed by atoms with E-state index in [1.54, 1.807) is 0 Å². The van der Waals surface area contributed by atoms with Crippen molar-refractivity contribution >= 4 is 17.6 Å². The minimum absolute atomic E-state index is 0.0690. The summed E-state index contributed by atoms with van der Waals surface area (Å²) in [6, 6.07) is 0. The minimum Gasteiger partial charge on any atom is -0.339 e. The molecule has 8 bridgehead atoms. The Labute approximate surface area is 183 Å². The maximum Gasteiger partial charge on any atom is 0.230 e. The summed E-state index contributed by atoms with van der Waals surface area (Å²) in [5, 5.41) is 0. The van der Waals surface area contributed by atoms with Crippen molar-refractivity contribution in [3.8, 4) is 0 Å². The number of hydrogen-bond donors (Lipinski definition) is 0. The van der Waals surface area contributed by atoms with Gasteiger partial charge in [0.05, 0.1) is 10.8 Å². The zero-order chi connectivity index (χ0) is 20.4. The average Bonchev–Trinajstić information content (AvgIpc) is 3.27. The molecule has 5 nitrogen and oxygen atoms in total. The Morgan fingerprint density at radius 2 is 1.32 bits per heavy atom. The number of Topliss-reactive ketones (excluding diaryl/α,β-unsaturated/α-hetero) is 1. The van der Waals surface area contributed by atoms with E-state index in [2.05, 4.69) is 9.80 Å². The summed E-state index contributed by atoms with van der Waals surface area (Å²) in [6.45, 7) is 2.77.